The number of allylic oxidation sites excluding steroid dienone is 1. The molecule has 1 aliphatic rings. The van der Waals surface area contributed by atoms with Crippen LogP contribution in [-0.2, 0) is 16.1 Å². The minimum absolute atomic E-state index is 0.0399. The summed E-state index contributed by atoms with van der Waals surface area (Å²) in [6, 6.07) is 17.6. The van der Waals surface area contributed by atoms with E-state index in [2.05, 4.69) is 20.5 Å². The van der Waals surface area contributed by atoms with Gasteiger partial charge in [0.05, 0.1) is 29.1 Å². The Morgan fingerprint density at radius 3 is 2.73 bits per heavy atom. The monoisotopic (exact) mass is 571 g/mol. The van der Waals surface area contributed by atoms with Gasteiger partial charge in [0.15, 0.2) is 5.13 Å². The molecule has 0 atom stereocenters. The van der Waals surface area contributed by atoms with Crippen LogP contribution in [0.5, 0.6) is 5.75 Å². The first kappa shape index (κ1) is 28.7. The number of amides is 1. The molecule has 0 radical (unpaired) electrons. The van der Waals surface area contributed by atoms with E-state index in [0.29, 0.717) is 6.61 Å². The van der Waals surface area contributed by atoms with Crippen molar-refractivity contribution in [2.45, 2.75) is 39.7 Å². The number of anilines is 3. The molecule has 0 aliphatic carbocycles. The normalized spacial score (nSPS) is 14.2. The van der Waals surface area contributed by atoms with Crippen molar-refractivity contribution < 1.29 is 14.3 Å². The predicted molar refractivity (Wildman–Crippen MR) is 166 cm³/mol. The van der Waals surface area contributed by atoms with Crippen LogP contribution in [0.15, 0.2) is 72.4 Å². The van der Waals surface area contributed by atoms with Gasteiger partial charge in [0.1, 0.15) is 12.4 Å². The van der Waals surface area contributed by atoms with Gasteiger partial charge in [0.25, 0.3) is 5.91 Å². The van der Waals surface area contributed by atoms with Crippen LogP contribution in [0.3, 0.4) is 0 Å². The maximum absolute atomic E-state index is 13.0. The van der Waals surface area contributed by atoms with Crippen LogP contribution in [0.4, 0.5) is 16.5 Å². The summed E-state index contributed by atoms with van der Waals surface area (Å²) in [5.41, 5.74) is 5.33. The molecule has 0 saturated carbocycles. The zero-order valence-corrected chi connectivity index (χ0v) is 24.5. The van der Waals surface area contributed by atoms with Crippen molar-refractivity contribution in [1.29, 1.82) is 0 Å². The van der Waals surface area contributed by atoms with Gasteiger partial charge in [-0.05, 0) is 93.7 Å². The molecule has 2 N–H and O–H groups in total. The molecule has 1 amide bonds. The second-order valence-electron chi connectivity index (χ2n) is 10.1. The number of ether oxygens (including phenoxy) is 2. The minimum Gasteiger partial charge on any atom is -0.487 e. The van der Waals surface area contributed by atoms with E-state index in [1.165, 1.54) is 0 Å². The van der Waals surface area contributed by atoms with E-state index < -0.39 is 0 Å². The van der Waals surface area contributed by atoms with Gasteiger partial charge in [0.2, 0.25) is 0 Å². The van der Waals surface area contributed by atoms with Crippen molar-refractivity contribution in [2.75, 3.05) is 43.5 Å². The molecule has 214 valence electrons. The number of pyridine rings is 1. The third-order valence-electron chi connectivity index (χ3n) is 7.09. The summed E-state index contributed by atoms with van der Waals surface area (Å²) >= 11 is 1.55. The highest BCUT2D eigenvalue weighted by Gasteiger charge is 2.13. The Hall–Kier alpha value is -3.79. The third kappa shape index (κ3) is 8.13. The number of benzene rings is 2. The molecule has 0 bridgehead atoms. The first-order valence-electron chi connectivity index (χ1n) is 14.1. The number of nitrogens with one attached hydrogen (secondary N) is 2. The van der Waals surface area contributed by atoms with Crippen LogP contribution in [0.25, 0.3) is 10.2 Å². The lowest BCUT2D eigenvalue weighted by molar-refractivity contribution is -0.113. The summed E-state index contributed by atoms with van der Waals surface area (Å²) in [6.07, 6.45) is 6.53. The lowest BCUT2D eigenvalue weighted by atomic mass is 10.1. The highest BCUT2D eigenvalue weighted by Crippen LogP contribution is 2.32. The molecular weight excluding hydrogens is 534 g/mol. The van der Waals surface area contributed by atoms with Crippen LogP contribution >= 0.6 is 11.3 Å². The Morgan fingerprint density at radius 1 is 1.10 bits per heavy atom. The number of carbonyl (C=O) groups is 1. The van der Waals surface area contributed by atoms with E-state index in [0.717, 1.165) is 101 Å². The quantitative estimate of drug-likeness (QED) is 0.144. The summed E-state index contributed by atoms with van der Waals surface area (Å²) in [5.74, 6) is 0.783. The number of unbranched alkanes of at least 4 members (excludes halogenated alkanes) is 1. The fourth-order valence-corrected chi connectivity index (χ4v) is 5.70. The number of thiazole rings is 1. The van der Waals surface area contributed by atoms with Crippen molar-refractivity contribution >= 4 is 44.0 Å². The summed E-state index contributed by atoms with van der Waals surface area (Å²) < 4.78 is 12.4. The molecule has 2 aromatic carbocycles. The van der Waals surface area contributed by atoms with Gasteiger partial charge < -0.3 is 20.1 Å². The van der Waals surface area contributed by atoms with Gasteiger partial charge >= 0.3 is 0 Å². The first-order valence-corrected chi connectivity index (χ1v) is 15.0. The molecule has 2 aromatic heterocycles. The van der Waals surface area contributed by atoms with E-state index in [1.54, 1.807) is 17.5 Å². The van der Waals surface area contributed by atoms with Crippen molar-refractivity contribution in [1.82, 2.24) is 14.9 Å². The predicted octanol–water partition coefficient (Wildman–Crippen LogP) is 6.71. The molecule has 0 unspecified atom stereocenters. The Morgan fingerprint density at radius 2 is 1.95 bits per heavy atom. The lowest BCUT2D eigenvalue weighted by Crippen LogP contribution is -2.36. The standard InChI is InChI=1S/C32H37N5O3S/c1-3-24(8-5-7-15-37-16-18-39-19-17-37)31(38)34-26-10-12-28-30(21-26)41-32(36-28)35-25-11-13-29(23(2)20-25)40-22-27-9-4-6-14-33-27/h3-4,6,9-14,20-21H,5,7-8,15-19,22H2,1-2H3,(H,34,38)(H,35,36). The van der Waals surface area contributed by atoms with Crippen molar-refractivity contribution in [3.05, 3.63) is 83.7 Å². The van der Waals surface area contributed by atoms with E-state index in [9.17, 15) is 4.79 Å². The van der Waals surface area contributed by atoms with E-state index >= 15 is 0 Å². The Bertz CT molecular complexity index is 1480. The zero-order valence-electron chi connectivity index (χ0n) is 23.7. The number of hydrogen-bond donors (Lipinski definition) is 2. The number of rotatable bonds is 12. The summed E-state index contributed by atoms with van der Waals surface area (Å²) in [7, 11) is 0. The van der Waals surface area contributed by atoms with Gasteiger partial charge in [0, 0.05) is 36.2 Å². The molecule has 8 nitrogen and oxygen atoms in total. The highest BCUT2D eigenvalue weighted by molar-refractivity contribution is 7.22. The van der Waals surface area contributed by atoms with Crippen LogP contribution in [-0.4, -0.2) is 53.6 Å². The average molecular weight is 572 g/mol. The maximum atomic E-state index is 13.0. The molecule has 41 heavy (non-hydrogen) atoms. The summed E-state index contributed by atoms with van der Waals surface area (Å²) in [4.78, 5) is 24.4. The number of aryl methyl sites for hydroxylation is 1. The molecule has 1 fully saturated rings. The Kier molecular flexibility index (Phi) is 9.96. The van der Waals surface area contributed by atoms with Crippen LogP contribution in [0, 0.1) is 6.92 Å². The van der Waals surface area contributed by atoms with Crippen molar-refractivity contribution in [2.24, 2.45) is 0 Å². The molecule has 0 spiro atoms. The number of fused-ring (bicyclic) bond motifs is 1. The molecule has 9 heteroatoms. The number of morpholine rings is 1. The van der Waals surface area contributed by atoms with Gasteiger partial charge in [-0.1, -0.05) is 23.5 Å². The van der Waals surface area contributed by atoms with Gasteiger partial charge in [-0.25, -0.2) is 4.98 Å². The summed E-state index contributed by atoms with van der Waals surface area (Å²) in [6.45, 7) is 9.09. The van der Waals surface area contributed by atoms with Crippen molar-refractivity contribution in [3.8, 4) is 5.75 Å². The molecule has 5 rings (SSSR count). The highest BCUT2D eigenvalue weighted by atomic mass is 32.1. The fraction of sp³-hybridized carbons (Fsp3) is 0.344. The second-order valence-corrected chi connectivity index (χ2v) is 11.1. The zero-order chi connectivity index (χ0) is 28.4. The third-order valence-corrected chi connectivity index (χ3v) is 8.02. The smallest absolute Gasteiger partial charge is 0.251 e. The number of nitrogens with zero attached hydrogens (tertiary/aromatic N) is 3. The minimum atomic E-state index is -0.0399. The second kappa shape index (κ2) is 14.2. The topological polar surface area (TPSA) is 88.6 Å². The SMILES string of the molecule is CC=C(CCCCN1CCOCC1)C(=O)Nc1ccc2nc(Nc3ccc(OCc4ccccn4)c(C)c3)sc2c1. The van der Waals surface area contributed by atoms with Crippen molar-refractivity contribution in [3.63, 3.8) is 0 Å². The first-order chi connectivity index (χ1) is 20.1. The van der Waals surface area contributed by atoms with Crippen LogP contribution in [0.1, 0.15) is 37.4 Å². The number of aromatic nitrogens is 2. The largest absolute Gasteiger partial charge is 0.487 e. The lowest BCUT2D eigenvalue weighted by Gasteiger charge is -2.26. The molecular formula is C32H37N5O3S. The Balaban J connectivity index is 1.14. The van der Waals surface area contributed by atoms with E-state index in [4.69, 9.17) is 14.5 Å². The van der Waals surface area contributed by atoms with E-state index in [-0.39, 0.29) is 5.91 Å². The Labute approximate surface area is 245 Å². The molecule has 1 aliphatic heterocycles. The number of carbonyl (C=O) groups excluding carboxylic acids is 1. The van der Waals surface area contributed by atoms with Gasteiger partial charge in [-0.3, -0.25) is 14.7 Å². The number of hydrogen-bond acceptors (Lipinski definition) is 8. The maximum Gasteiger partial charge on any atom is 0.251 e. The molecule has 4 aromatic rings. The van der Waals surface area contributed by atoms with Crippen LogP contribution < -0.4 is 15.4 Å². The van der Waals surface area contributed by atoms with Crippen LogP contribution in [0.2, 0.25) is 0 Å². The van der Waals surface area contributed by atoms with Gasteiger partial charge in [-0.15, -0.1) is 0 Å². The van der Waals surface area contributed by atoms with Gasteiger partial charge in [-0.2, -0.15) is 0 Å². The average Bonchev–Trinajstić information content (AvgIpc) is 3.39. The molecule has 3 heterocycles. The molecule has 1 saturated heterocycles. The fourth-order valence-electron chi connectivity index (χ4n) is 4.78. The van der Waals surface area contributed by atoms with E-state index in [1.807, 2.05) is 74.5 Å². The summed E-state index contributed by atoms with van der Waals surface area (Å²) in [5, 5.41) is 7.28.